The fourth-order valence-electron chi connectivity index (χ4n) is 2.33. The molecule has 0 bridgehead atoms. The van der Waals surface area contributed by atoms with E-state index >= 15 is 0 Å². The van der Waals surface area contributed by atoms with Gasteiger partial charge >= 0.3 is 0 Å². The molecule has 2 aromatic heterocycles. The van der Waals surface area contributed by atoms with Crippen molar-refractivity contribution in [2.24, 2.45) is 0 Å². The lowest BCUT2D eigenvalue weighted by Gasteiger charge is -2.05. The van der Waals surface area contributed by atoms with Crippen LogP contribution in [0.3, 0.4) is 0 Å². The summed E-state index contributed by atoms with van der Waals surface area (Å²) in [6.07, 6.45) is 2.69. The molecule has 0 saturated carbocycles. The van der Waals surface area contributed by atoms with E-state index in [1.54, 1.807) is 28.9 Å². The predicted octanol–water partition coefficient (Wildman–Crippen LogP) is 4.17. The van der Waals surface area contributed by atoms with E-state index < -0.39 is 5.82 Å². The van der Waals surface area contributed by atoms with E-state index in [1.165, 1.54) is 12.1 Å². The first-order chi connectivity index (χ1) is 10.6. The summed E-state index contributed by atoms with van der Waals surface area (Å²) in [6, 6.07) is 7.91. The molecule has 2 heterocycles. The number of hydrogen-bond donors (Lipinski definition) is 0. The first kappa shape index (κ1) is 14.7. The van der Waals surface area contributed by atoms with Gasteiger partial charge in [0, 0.05) is 18.2 Å². The molecule has 3 rings (SSSR count). The topological polar surface area (TPSA) is 47.3 Å². The van der Waals surface area contributed by atoms with Crippen LogP contribution in [0.5, 0.6) is 0 Å². The van der Waals surface area contributed by atoms with Gasteiger partial charge in [0.25, 0.3) is 0 Å². The van der Waals surface area contributed by atoms with Crippen LogP contribution in [-0.2, 0) is 0 Å². The van der Waals surface area contributed by atoms with Crippen molar-refractivity contribution in [2.45, 2.75) is 19.8 Å². The van der Waals surface area contributed by atoms with E-state index in [1.807, 2.05) is 6.92 Å². The highest BCUT2D eigenvalue weighted by atomic mass is 35.5. The molecule has 112 valence electrons. The summed E-state index contributed by atoms with van der Waals surface area (Å²) in [5.74, 6) is -0.628. The van der Waals surface area contributed by atoms with Crippen LogP contribution in [0.4, 0.5) is 4.39 Å². The molecule has 0 aliphatic carbocycles. The minimum absolute atomic E-state index is 0.0342. The molecular formula is C16H13ClFN3O. The monoisotopic (exact) mass is 317 g/mol. The third-order valence-electron chi connectivity index (χ3n) is 3.33. The number of halogens is 2. The maximum absolute atomic E-state index is 13.8. The van der Waals surface area contributed by atoms with Crippen molar-refractivity contribution >= 4 is 23.0 Å². The Morgan fingerprint density at radius 3 is 2.91 bits per heavy atom. The number of aromatic nitrogens is 3. The van der Waals surface area contributed by atoms with E-state index in [9.17, 15) is 9.18 Å². The highest BCUT2D eigenvalue weighted by Gasteiger charge is 2.21. The minimum atomic E-state index is -0.543. The Kier molecular flexibility index (Phi) is 3.90. The van der Waals surface area contributed by atoms with Crippen LogP contribution in [0.1, 0.15) is 30.3 Å². The molecule has 22 heavy (non-hydrogen) atoms. The van der Waals surface area contributed by atoms with E-state index in [4.69, 9.17) is 11.6 Å². The third-order valence-corrected chi connectivity index (χ3v) is 3.63. The fourth-order valence-corrected chi connectivity index (χ4v) is 2.45. The number of hydrogen-bond acceptors (Lipinski definition) is 3. The second kappa shape index (κ2) is 5.85. The van der Waals surface area contributed by atoms with Gasteiger partial charge < -0.3 is 0 Å². The van der Waals surface area contributed by atoms with Gasteiger partial charge in [-0.1, -0.05) is 24.6 Å². The Labute approximate surface area is 131 Å². The number of ketones is 1. The van der Waals surface area contributed by atoms with Crippen molar-refractivity contribution in [3.05, 3.63) is 53.1 Å². The van der Waals surface area contributed by atoms with Crippen LogP contribution >= 0.6 is 11.6 Å². The Hall–Kier alpha value is -2.27. The van der Waals surface area contributed by atoms with Crippen molar-refractivity contribution in [3.8, 4) is 11.3 Å². The molecule has 1 aromatic carbocycles. The standard InChI is InChI=1S/C16H13ClFN3O/c1-2-4-13(22)15-16(10-6-7-11(17)12(18)9-10)21-14(20-15)5-3-8-19-21/h3,5-9H,2,4H2,1H3. The molecule has 0 radical (unpaired) electrons. The smallest absolute Gasteiger partial charge is 0.183 e. The van der Waals surface area contributed by atoms with Crippen molar-refractivity contribution < 1.29 is 9.18 Å². The zero-order chi connectivity index (χ0) is 15.7. The molecule has 0 aliphatic heterocycles. The summed E-state index contributed by atoms with van der Waals surface area (Å²) in [5.41, 5.74) is 1.87. The number of benzene rings is 1. The average Bonchev–Trinajstić information content (AvgIpc) is 2.90. The number of Topliss-reactive ketones (excluding diaryl/α,β-unsaturated/α-hetero) is 1. The van der Waals surface area contributed by atoms with Gasteiger partial charge in [-0.25, -0.2) is 13.9 Å². The molecule has 0 aliphatic rings. The number of carbonyl (C=O) groups excluding carboxylic acids is 1. The Morgan fingerprint density at radius 1 is 1.36 bits per heavy atom. The van der Waals surface area contributed by atoms with Crippen LogP contribution < -0.4 is 0 Å². The van der Waals surface area contributed by atoms with E-state index in [0.717, 1.165) is 0 Å². The normalized spacial score (nSPS) is 11.0. The van der Waals surface area contributed by atoms with Gasteiger partial charge in [0.2, 0.25) is 0 Å². The zero-order valence-electron chi connectivity index (χ0n) is 11.9. The van der Waals surface area contributed by atoms with Crippen molar-refractivity contribution in [1.82, 2.24) is 14.6 Å². The van der Waals surface area contributed by atoms with E-state index in [-0.39, 0.29) is 10.8 Å². The maximum atomic E-state index is 13.8. The first-order valence-electron chi connectivity index (χ1n) is 6.94. The average molecular weight is 318 g/mol. The zero-order valence-corrected chi connectivity index (χ0v) is 12.6. The molecule has 0 fully saturated rings. The summed E-state index contributed by atoms with van der Waals surface area (Å²) >= 11 is 5.73. The first-order valence-corrected chi connectivity index (χ1v) is 7.32. The van der Waals surface area contributed by atoms with Gasteiger partial charge in [-0.05, 0) is 30.7 Å². The highest BCUT2D eigenvalue weighted by Crippen LogP contribution is 2.28. The Balaban J connectivity index is 2.27. The Morgan fingerprint density at radius 2 is 2.18 bits per heavy atom. The summed E-state index contributed by atoms with van der Waals surface area (Å²) in [4.78, 5) is 16.7. The molecule has 0 saturated heterocycles. The molecule has 6 heteroatoms. The number of nitrogens with zero attached hydrogens (tertiary/aromatic N) is 3. The summed E-state index contributed by atoms with van der Waals surface area (Å²) in [5, 5.41) is 4.25. The molecular weight excluding hydrogens is 305 g/mol. The molecule has 3 aromatic rings. The number of imidazole rings is 1. The molecule has 4 nitrogen and oxygen atoms in total. The minimum Gasteiger partial charge on any atom is -0.292 e. The second-order valence-corrected chi connectivity index (χ2v) is 5.31. The van der Waals surface area contributed by atoms with Gasteiger partial charge in [-0.15, -0.1) is 0 Å². The highest BCUT2D eigenvalue weighted by molar-refractivity contribution is 6.30. The van der Waals surface area contributed by atoms with Crippen LogP contribution in [0.15, 0.2) is 36.5 Å². The van der Waals surface area contributed by atoms with E-state index in [2.05, 4.69) is 10.1 Å². The van der Waals surface area contributed by atoms with Crippen molar-refractivity contribution in [3.63, 3.8) is 0 Å². The van der Waals surface area contributed by atoms with Crippen LogP contribution in [0.2, 0.25) is 5.02 Å². The second-order valence-electron chi connectivity index (χ2n) is 4.90. The Bertz CT molecular complexity index is 860. The lowest BCUT2D eigenvalue weighted by Crippen LogP contribution is -2.02. The fraction of sp³-hybridized carbons (Fsp3) is 0.188. The third kappa shape index (κ3) is 2.48. The van der Waals surface area contributed by atoms with Crippen LogP contribution in [0, 0.1) is 5.82 Å². The van der Waals surface area contributed by atoms with Gasteiger partial charge in [0.15, 0.2) is 11.4 Å². The molecule has 0 atom stereocenters. The van der Waals surface area contributed by atoms with Crippen LogP contribution in [-0.4, -0.2) is 20.4 Å². The molecule has 0 amide bonds. The quantitative estimate of drug-likeness (QED) is 0.678. The number of fused-ring (bicyclic) bond motifs is 1. The SMILES string of the molecule is CCCC(=O)c1nc2cccnn2c1-c1ccc(Cl)c(F)c1. The summed E-state index contributed by atoms with van der Waals surface area (Å²) in [7, 11) is 0. The van der Waals surface area contributed by atoms with Gasteiger partial charge in [0.05, 0.1) is 5.02 Å². The molecule has 0 N–H and O–H groups in total. The summed E-state index contributed by atoms with van der Waals surface area (Å²) in [6.45, 7) is 1.92. The van der Waals surface area contributed by atoms with Crippen molar-refractivity contribution in [1.29, 1.82) is 0 Å². The lowest BCUT2D eigenvalue weighted by atomic mass is 10.1. The van der Waals surface area contributed by atoms with Gasteiger partial charge in [0.1, 0.15) is 17.2 Å². The molecule has 0 unspecified atom stereocenters. The number of carbonyl (C=O) groups is 1. The van der Waals surface area contributed by atoms with Crippen molar-refractivity contribution in [2.75, 3.05) is 0 Å². The van der Waals surface area contributed by atoms with E-state index in [0.29, 0.717) is 35.4 Å². The maximum Gasteiger partial charge on any atom is 0.183 e. The molecule has 0 spiro atoms. The van der Waals surface area contributed by atoms with Gasteiger partial charge in [-0.3, -0.25) is 4.79 Å². The van der Waals surface area contributed by atoms with Gasteiger partial charge in [-0.2, -0.15) is 5.10 Å². The number of rotatable bonds is 4. The largest absolute Gasteiger partial charge is 0.292 e. The predicted molar refractivity (Wildman–Crippen MR) is 82.6 cm³/mol. The lowest BCUT2D eigenvalue weighted by molar-refractivity contribution is 0.0978. The van der Waals surface area contributed by atoms with Crippen LogP contribution in [0.25, 0.3) is 16.9 Å². The summed E-state index contributed by atoms with van der Waals surface area (Å²) < 4.78 is 15.3.